The van der Waals surface area contributed by atoms with Crippen molar-refractivity contribution >= 4 is 29.0 Å². The molecule has 280 valence electrons. The molecule has 0 bridgehead atoms. The van der Waals surface area contributed by atoms with E-state index in [0.717, 1.165) is 19.3 Å². The van der Waals surface area contributed by atoms with Gasteiger partial charge in [0.25, 0.3) is 0 Å². The van der Waals surface area contributed by atoms with Crippen molar-refractivity contribution in [1.82, 2.24) is 20.2 Å². The number of ether oxygens (including phenoxy) is 4. The summed E-state index contributed by atoms with van der Waals surface area (Å²) in [5, 5.41) is 2.76. The van der Waals surface area contributed by atoms with E-state index in [0.29, 0.717) is 24.7 Å². The minimum Gasteiger partial charge on any atom is -0.497 e. The van der Waals surface area contributed by atoms with E-state index in [1.165, 1.54) is 18.1 Å². The van der Waals surface area contributed by atoms with Gasteiger partial charge < -0.3 is 29.2 Å². The van der Waals surface area contributed by atoms with Crippen molar-refractivity contribution in [3.05, 3.63) is 49.2 Å². The molecular weight excluding hydrogens is 662 g/mol. The zero-order valence-electron chi connectivity index (χ0n) is 30.7. The van der Waals surface area contributed by atoms with Crippen LogP contribution in [0, 0.1) is 23.2 Å². The highest BCUT2D eigenvalue weighted by molar-refractivity contribution is 5.91. The summed E-state index contributed by atoms with van der Waals surface area (Å²) < 4.78 is 53.6. The van der Waals surface area contributed by atoms with Crippen LogP contribution in [0.25, 0.3) is 11.0 Å². The number of halogens is 2. The lowest BCUT2D eigenvalue weighted by molar-refractivity contribution is -0.157. The van der Waals surface area contributed by atoms with Crippen LogP contribution in [0.3, 0.4) is 0 Å². The van der Waals surface area contributed by atoms with E-state index in [-0.39, 0.29) is 42.1 Å². The third-order valence-electron chi connectivity index (χ3n) is 9.21. The van der Waals surface area contributed by atoms with Crippen molar-refractivity contribution in [3.8, 4) is 11.6 Å². The van der Waals surface area contributed by atoms with Crippen LogP contribution in [0.1, 0.15) is 79.3 Å². The van der Waals surface area contributed by atoms with Crippen LogP contribution < -0.4 is 14.8 Å². The number of alkyl carbamates (subject to hydrolysis) is 1. The van der Waals surface area contributed by atoms with Crippen LogP contribution >= 0.6 is 0 Å². The molecule has 2 amide bonds. The smallest absolute Gasteiger partial charge is 0.408 e. The lowest BCUT2D eigenvalue weighted by Gasteiger charge is -2.35. The van der Waals surface area contributed by atoms with Crippen molar-refractivity contribution in [2.75, 3.05) is 20.3 Å². The first kappa shape index (κ1) is 39.5. The number of fused-ring (bicyclic) bond motifs is 1. The summed E-state index contributed by atoms with van der Waals surface area (Å²) in [5.41, 5.74) is -1.13. The van der Waals surface area contributed by atoms with Gasteiger partial charge >= 0.3 is 18.0 Å². The van der Waals surface area contributed by atoms with E-state index in [1.54, 1.807) is 32.9 Å². The first-order valence-electron chi connectivity index (χ1n) is 17.6. The molecule has 1 aromatic carbocycles. The molecular formula is C38H52F2N4O7. The molecule has 13 heteroatoms. The number of rotatable bonds is 16. The molecule has 1 saturated carbocycles. The second-order valence-electron chi connectivity index (χ2n) is 14.9. The molecule has 11 nitrogen and oxygen atoms in total. The van der Waals surface area contributed by atoms with Crippen LogP contribution in [-0.4, -0.2) is 77.4 Å². The molecule has 51 heavy (non-hydrogen) atoms. The van der Waals surface area contributed by atoms with Gasteiger partial charge in [0, 0.05) is 12.0 Å². The first-order valence-corrected chi connectivity index (χ1v) is 17.6. The molecule has 6 unspecified atom stereocenters. The Bertz CT molecular complexity index is 1590. The monoisotopic (exact) mass is 714 g/mol. The maximum absolute atomic E-state index is 15.3. The van der Waals surface area contributed by atoms with Gasteiger partial charge in [-0.25, -0.2) is 19.6 Å². The number of likely N-dealkylation sites (tertiary alicyclic amines) is 1. The fraction of sp³-hybridized carbons (Fsp3) is 0.605. The average molecular weight is 715 g/mol. The number of hydrogen-bond acceptors (Lipinski definition) is 9. The quantitative estimate of drug-likeness (QED) is 0.145. The summed E-state index contributed by atoms with van der Waals surface area (Å²) in [6.45, 7) is 18.0. The van der Waals surface area contributed by atoms with Gasteiger partial charge in [-0.3, -0.25) is 4.79 Å². The molecule has 0 spiro atoms. The molecule has 4 rings (SSSR count). The van der Waals surface area contributed by atoms with Crippen LogP contribution in [0.2, 0.25) is 0 Å². The zero-order chi connectivity index (χ0) is 37.7. The van der Waals surface area contributed by atoms with Crippen LogP contribution in [0.4, 0.5) is 13.6 Å². The number of carbonyl (C=O) groups is 3. The molecule has 1 N–H and O–H groups in total. The number of carbonyl (C=O) groups excluding carboxylic acids is 3. The lowest BCUT2D eigenvalue weighted by Crippen LogP contribution is -2.57. The molecule has 1 aromatic heterocycles. The predicted octanol–water partition coefficient (Wildman–Crippen LogP) is 6.99. The SMILES string of the molecule is C=CCCC1CC1OC(=O)NC(C(=O)N1CC(Oc2nc3cc(OC)ccc3nc2C(F)(F)C=C)C(CCC)C1C(=O)OCC(C)C)C(C)(C)C. The molecule has 2 aliphatic rings. The topological polar surface area (TPSA) is 129 Å². The second-order valence-corrected chi connectivity index (χ2v) is 14.9. The molecule has 6 atom stereocenters. The summed E-state index contributed by atoms with van der Waals surface area (Å²) in [5.74, 6) is -5.25. The number of aromatic nitrogens is 2. The molecule has 2 fully saturated rings. The highest BCUT2D eigenvalue weighted by Crippen LogP contribution is 2.40. The third-order valence-corrected chi connectivity index (χ3v) is 9.21. The maximum Gasteiger partial charge on any atom is 0.408 e. The lowest BCUT2D eigenvalue weighted by atomic mass is 9.85. The second kappa shape index (κ2) is 16.4. The number of esters is 1. The summed E-state index contributed by atoms with van der Waals surface area (Å²) in [7, 11) is 1.47. The Morgan fingerprint density at radius 3 is 2.43 bits per heavy atom. The predicted molar refractivity (Wildman–Crippen MR) is 188 cm³/mol. The van der Waals surface area contributed by atoms with Gasteiger partial charge in [0.15, 0.2) is 5.69 Å². The fourth-order valence-electron chi connectivity index (χ4n) is 6.33. The highest BCUT2D eigenvalue weighted by Gasteiger charge is 2.53. The minimum absolute atomic E-state index is 0.0150. The average Bonchev–Trinajstić information content (AvgIpc) is 3.72. The Morgan fingerprint density at radius 1 is 1.10 bits per heavy atom. The summed E-state index contributed by atoms with van der Waals surface area (Å²) in [6, 6.07) is 2.41. The van der Waals surface area contributed by atoms with E-state index in [2.05, 4.69) is 28.4 Å². The number of hydrogen-bond donors (Lipinski definition) is 1. The Balaban J connectivity index is 1.72. The largest absolute Gasteiger partial charge is 0.497 e. The molecule has 2 aromatic rings. The first-order chi connectivity index (χ1) is 24.0. The number of allylic oxidation sites excluding steroid dienone is 2. The number of nitrogens with zero attached hydrogens (tertiary/aromatic N) is 3. The van der Waals surface area contributed by atoms with Gasteiger partial charge in [-0.2, -0.15) is 8.78 Å². The molecule has 2 heterocycles. The number of amides is 2. The van der Waals surface area contributed by atoms with Crippen LogP contribution in [0.5, 0.6) is 11.6 Å². The molecule has 0 radical (unpaired) electrons. The van der Waals surface area contributed by atoms with Gasteiger partial charge in [-0.1, -0.05) is 60.6 Å². The van der Waals surface area contributed by atoms with E-state index >= 15 is 8.78 Å². The Kier molecular flexibility index (Phi) is 12.7. The zero-order valence-corrected chi connectivity index (χ0v) is 30.7. The van der Waals surface area contributed by atoms with Crippen molar-refractivity contribution < 1.29 is 42.1 Å². The number of benzene rings is 1. The highest BCUT2D eigenvalue weighted by atomic mass is 19.3. The number of nitrogens with one attached hydrogen (secondary N) is 1. The Labute approximate surface area is 299 Å². The van der Waals surface area contributed by atoms with Crippen molar-refractivity contribution in [2.45, 2.75) is 104 Å². The molecule has 1 saturated heterocycles. The maximum atomic E-state index is 15.3. The van der Waals surface area contributed by atoms with E-state index in [9.17, 15) is 14.4 Å². The normalized spacial score (nSPS) is 22.3. The number of methoxy groups -OCH3 is 1. The summed E-state index contributed by atoms with van der Waals surface area (Å²) in [4.78, 5) is 51.5. The van der Waals surface area contributed by atoms with Crippen molar-refractivity contribution in [2.24, 2.45) is 23.2 Å². The van der Waals surface area contributed by atoms with Crippen LogP contribution in [-0.2, 0) is 25.0 Å². The van der Waals surface area contributed by atoms with E-state index in [4.69, 9.17) is 18.9 Å². The van der Waals surface area contributed by atoms with Gasteiger partial charge in [0.05, 0.1) is 31.3 Å². The van der Waals surface area contributed by atoms with Gasteiger partial charge in [-0.05, 0) is 61.1 Å². The summed E-state index contributed by atoms with van der Waals surface area (Å²) >= 11 is 0. The molecule has 1 aliphatic carbocycles. The van der Waals surface area contributed by atoms with Gasteiger partial charge in [0.2, 0.25) is 11.8 Å². The van der Waals surface area contributed by atoms with Gasteiger partial charge in [0.1, 0.15) is 30.0 Å². The standard InChI is InChI=1S/C38H52F2N4O7/c1-10-13-15-23-18-28(23)51-36(47)43-32(37(6,7)8)34(45)44-20-29(25(14-11-2)30(44)35(46)49-21-22(4)5)50-33-31(38(39,40)12-3)41-26-17-16-24(48-9)19-27(26)42-33/h10,12,16-17,19,22-23,25,28-30,32H,1,3,11,13-15,18,20-21H2,2,4-9H3,(H,43,47). The third kappa shape index (κ3) is 9.53. The number of alkyl halides is 2. The molecule has 1 aliphatic heterocycles. The van der Waals surface area contributed by atoms with Crippen molar-refractivity contribution in [1.29, 1.82) is 0 Å². The minimum atomic E-state index is -3.62. The Hall–Kier alpha value is -4.29. The van der Waals surface area contributed by atoms with E-state index in [1.807, 2.05) is 26.8 Å². The van der Waals surface area contributed by atoms with E-state index < -0.39 is 65.0 Å². The van der Waals surface area contributed by atoms with Crippen LogP contribution in [0.15, 0.2) is 43.5 Å². The van der Waals surface area contributed by atoms with Crippen molar-refractivity contribution in [3.63, 3.8) is 0 Å². The summed E-state index contributed by atoms with van der Waals surface area (Å²) in [6.07, 6.45) is 3.71. The fourth-order valence-corrected chi connectivity index (χ4v) is 6.33. The van der Waals surface area contributed by atoms with Gasteiger partial charge in [-0.15, -0.1) is 6.58 Å². The Morgan fingerprint density at radius 2 is 1.82 bits per heavy atom.